The molecular formula is C20H27N3O. The number of hydrogen-bond acceptors (Lipinski definition) is 3. The van der Waals surface area contributed by atoms with Gasteiger partial charge in [-0.2, -0.15) is 0 Å². The molecule has 4 nitrogen and oxygen atoms in total. The molecule has 1 saturated carbocycles. The number of nitrogens with one attached hydrogen (secondary N) is 1. The number of anilines is 2. The van der Waals surface area contributed by atoms with Gasteiger partial charge in [0.1, 0.15) is 0 Å². The van der Waals surface area contributed by atoms with Crippen LogP contribution in [0.3, 0.4) is 0 Å². The molecule has 2 heterocycles. The summed E-state index contributed by atoms with van der Waals surface area (Å²) < 4.78 is 0. The number of nitrogens with zero attached hydrogens (tertiary/aromatic N) is 2. The van der Waals surface area contributed by atoms with Crippen molar-refractivity contribution >= 4 is 22.9 Å². The summed E-state index contributed by atoms with van der Waals surface area (Å²) >= 11 is 0. The predicted molar refractivity (Wildman–Crippen MR) is 99.1 cm³/mol. The van der Waals surface area contributed by atoms with Gasteiger partial charge < -0.3 is 15.1 Å². The maximum Gasteiger partial charge on any atom is 0.260 e. The highest BCUT2D eigenvalue weighted by molar-refractivity contribution is 6.33. The fraction of sp³-hybridized carbons (Fsp3) is 0.550. The molecule has 0 unspecified atom stereocenters. The SMILES string of the molecule is CC(C)N1C(=O)/C(=C2/CCCN2C)c2cc(NC3CCC3)ccc21. The zero-order valence-corrected chi connectivity index (χ0v) is 14.9. The Labute approximate surface area is 144 Å². The molecule has 1 amide bonds. The van der Waals surface area contributed by atoms with Crippen LogP contribution in [0.25, 0.3) is 5.57 Å². The van der Waals surface area contributed by atoms with E-state index in [1.54, 1.807) is 0 Å². The number of carbonyl (C=O) groups is 1. The minimum Gasteiger partial charge on any atom is -0.382 e. The zero-order valence-electron chi connectivity index (χ0n) is 14.9. The second-order valence-electron chi connectivity index (χ2n) is 7.62. The first-order chi connectivity index (χ1) is 11.6. The van der Waals surface area contributed by atoms with Crippen LogP contribution in [0.15, 0.2) is 23.9 Å². The Balaban J connectivity index is 1.79. The highest BCUT2D eigenvalue weighted by Crippen LogP contribution is 2.43. The summed E-state index contributed by atoms with van der Waals surface area (Å²) in [6.45, 7) is 5.23. The van der Waals surface area contributed by atoms with Gasteiger partial charge in [0.2, 0.25) is 0 Å². The Bertz CT molecular complexity index is 703. The third kappa shape index (κ3) is 2.40. The van der Waals surface area contributed by atoms with Crippen molar-refractivity contribution in [2.75, 3.05) is 23.8 Å². The molecule has 0 atom stereocenters. The third-order valence-electron chi connectivity index (χ3n) is 5.61. The number of carbonyl (C=O) groups excluding carboxylic acids is 1. The maximum atomic E-state index is 13.2. The molecule has 1 N–H and O–H groups in total. The first-order valence-corrected chi connectivity index (χ1v) is 9.25. The Kier molecular flexibility index (Phi) is 3.78. The van der Waals surface area contributed by atoms with Crippen LogP contribution in [0.5, 0.6) is 0 Å². The molecule has 4 heteroatoms. The van der Waals surface area contributed by atoms with Crippen LogP contribution in [-0.4, -0.2) is 36.5 Å². The van der Waals surface area contributed by atoms with E-state index in [4.69, 9.17) is 0 Å². The zero-order chi connectivity index (χ0) is 16.8. The Morgan fingerprint density at radius 2 is 2.00 bits per heavy atom. The van der Waals surface area contributed by atoms with Gasteiger partial charge in [0.15, 0.2) is 0 Å². The fourth-order valence-electron chi connectivity index (χ4n) is 4.09. The highest BCUT2D eigenvalue weighted by Gasteiger charge is 2.37. The van der Waals surface area contributed by atoms with E-state index in [1.165, 1.54) is 25.0 Å². The molecule has 0 spiro atoms. The second kappa shape index (κ2) is 5.83. The average Bonchev–Trinajstić information content (AvgIpc) is 3.02. The lowest BCUT2D eigenvalue weighted by molar-refractivity contribution is -0.113. The van der Waals surface area contributed by atoms with E-state index in [2.05, 4.69) is 49.3 Å². The molecule has 0 radical (unpaired) electrons. The van der Waals surface area contributed by atoms with Crippen LogP contribution >= 0.6 is 0 Å². The van der Waals surface area contributed by atoms with Crippen LogP contribution in [-0.2, 0) is 4.79 Å². The van der Waals surface area contributed by atoms with Gasteiger partial charge in [-0.3, -0.25) is 4.79 Å². The van der Waals surface area contributed by atoms with Gasteiger partial charge in [-0.05, 0) is 64.2 Å². The van der Waals surface area contributed by atoms with Crippen molar-refractivity contribution in [2.45, 2.75) is 58.0 Å². The van der Waals surface area contributed by atoms with Crippen molar-refractivity contribution in [3.63, 3.8) is 0 Å². The number of fused-ring (bicyclic) bond motifs is 1. The van der Waals surface area contributed by atoms with Gasteiger partial charge in [0.05, 0.1) is 11.3 Å². The summed E-state index contributed by atoms with van der Waals surface area (Å²) in [4.78, 5) is 17.4. The minimum atomic E-state index is 0.171. The quantitative estimate of drug-likeness (QED) is 0.858. The molecule has 2 fully saturated rings. The van der Waals surface area contributed by atoms with E-state index in [-0.39, 0.29) is 11.9 Å². The van der Waals surface area contributed by atoms with Crippen molar-refractivity contribution in [2.24, 2.45) is 0 Å². The molecule has 1 aliphatic carbocycles. The largest absolute Gasteiger partial charge is 0.382 e. The summed E-state index contributed by atoms with van der Waals surface area (Å²) in [5, 5.41) is 3.62. The molecule has 1 aromatic carbocycles. The molecule has 2 aliphatic heterocycles. The van der Waals surface area contributed by atoms with Crippen molar-refractivity contribution in [3.8, 4) is 0 Å². The predicted octanol–water partition coefficient (Wildman–Crippen LogP) is 3.84. The second-order valence-corrected chi connectivity index (χ2v) is 7.62. The van der Waals surface area contributed by atoms with E-state index < -0.39 is 0 Å². The highest BCUT2D eigenvalue weighted by atomic mass is 16.2. The molecular weight excluding hydrogens is 298 g/mol. The van der Waals surface area contributed by atoms with E-state index in [0.29, 0.717) is 6.04 Å². The first kappa shape index (κ1) is 15.6. The van der Waals surface area contributed by atoms with Gasteiger partial charge in [0, 0.05) is 42.6 Å². The molecule has 1 saturated heterocycles. The van der Waals surface area contributed by atoms with Crippen molar-refractivity contribution in [3.05, 3.63) is 29.5 Å². The van der Waals surface area contributed by atoms with E-state index in [9.17, 15) is 4.79 Å². The van der Waals surface area contributed by atoms with Crippen LogP contribution < -0.4 is 10.2 Å². The number of rotatable bonds is 3. The van der Waals surface area contributed by atoms with Crippen LogP contribution in [0.4, 0.5) is 11.4 Å². The summed E-state index contributed by atoms with van der Waals surface area (Å²) in [5.74, 6) is 0.171. The molecule has 3 aliphatic rings. The van der Waals surface area contributed by atoms with E-state index in [0.717, 1.165) is 41.9 Å². The number of amides is 1. The van der Waals surface area contributed by atoms with E-state index in [1.807, 2.05) is 4.90 Å². The standard InChI is InChI=1S/C20H27N3O/c1-13(2)23-17-10-9-15(21-14-6-4-7-14)12-16(17)19(20(23)24)18-8-5-11-22(18)3/h9-10,12-14,21H,4-8,11H2,1-3H3/b19-18-. The molecule has 24 heavy (non-hydrogen) atoms. The van der Waals surface area contributed by atoms with Crippen LogP contribution in [0.1, 0.15) is 51.5 Å². The normalized spacial score (nSPS) is 23.9. The monoisotopic (exact) mass is 325 g/mol. The summed E-state index contributed by atoms with van der Waals surface area (Å²) in [6.07, 6.45) is 5.97. The van der Waals surface area contributed by atoms with Gasteiger partial charge in [-0.25, -0.2) is 0 Å². The number of hydrogen-bond donors (Lipinski definition) is 1. The summed E-state index contributed by atoms with van der Waals surface area (Å²) in [5.41, 5.74) is 5.47. The van der Waals surface area contributed by atoms with Crippen molar-refractivity contribution in [1.82, 2.24) is 4.90 Å². The van der Waals surface area contributed by atoms with Crippen molar-refractivity contribution in [1.29, 1.82) is 0 Å². The maximum absolute atomic E-state index is 13.2. The molecule has 4 rings (SSSR count). The summed E-state index contributed by atoms with van der Waals surface area (Å²) in [7, 11) is 2.11. The lowest BCUT2D eigenvalue weighted by Crippen LogP contribution is -2.33. The fourth-order valence-corrected chi connectivity index (χ4v) is 4.09. The van der Waals surface area contributed by atoms with Crippen molar-refractivity contribution < 1.29 is 4.79 Å². The van der Waals surface area contributed by atoms with Gasteiger partial charge in [-0.15, -0.1) is 0 Å². The number of allylic oxidation sites excluding steroid dienone is 1. The molecule has 1 aromatic rings. The average molecular weight is 325 g/mol. The van der Waals surface area contributed by atoms with Crippen LogP contribution in [0, 0.1) is 0 Å². The lowest BCUT2D eigenvalue weighted by atomic mass is 9.92. The topological polar surface area (TPSA) is 35.6 Å². The minimum absolute atomic E-state index is 0.171. The van der Waals surface area contributed by atoms with Crippen LogP contribution in [0.2, 0.25) is 0 Å². The van der Waals surface area contributed by atoms with Gasteiger partial charge in [-0.1, -0.05) is 0 Å². The Hall–Kier alpha value is -1.97. The van der Waals surface area contributed by atoms with Gasteiger partial charge in [0.25, 0.3) is 5.91 Å². The Morgan fingerprint density at radius 1 is 1.21 bits per heavy atom. The number of likely N-dealkylation sites (tertiary alicyclic amines) is 1. The van der Waals surface area contributed by atoms with Gasteiger partial charge >= 0.3 is 0 Å². The summed E-state index contributed by atoms with van der Waals surface area (Å²) in [6, 6.07) is 7.23. The Morgan fingerprint density at radius 3 is 2.58 bits per heavy atom. The van der Waals surface area contributed by atoms with E-state index >= 15 is 0 Å². The number of benzene rings is 1. The molecule has 0 aromatic heterocycles. The molecule has 0 bridgehead atoms. The third-order valence-corrected chi connectivity index (χ3v) is 5.61. The molecule has 128 valence electrons. The first-order valence-electron chi connectivity index (χ1n) is 9.25. The smallest absolute Gasteiger partial charge is 0.260 e. The lowest BCUT2D eigenvalue weighted by Gasteiger charge is -2.28.